The molecular weight excluding hydrogens is 312 g/mol. The van der Waals surface area contributed by atoms with Crippen LogP contribution in [0.25, 0.3) is 0 Å². The number of carboxylic acids is 1. The summed E-state index contributed by atoms with van der Waals surface area (Å²) < 4.78 is 0. The summed E-state index contributed by atoms with van der Waals surface area (Å²) in [6, 6.07) is 0. The predicted octanol–water partition coefficient (Wildman–Crippen LogP) is 4.19. The smallest absolute Gasteiger partial charge is 0.0692 e. The van der Waals surface area contributed by atoms with Gasteiger partial charge in [0.2, 0.25) is 0 Å². The first kappa shape index (κ1) is 22.9. The van der Waals surface area contributed by atoms with Gasteiger partial charge in [-0.3, -0.25) is 0 Å². The van der Waals surface area contributed by atoms with Gasteiger partial charge in [0.1, 0.15) is 0 Å². The zero-order valence-electron chi connectivity index (χ0n) is 15.2. The highest BCUT2D eigenvalue weighted by molar-refractivity contribution is 5.64. The number of carbonyl (C=O) groups is 1. The molecule has 1 unspecified atom stereocenters. The minimum atomic E-state index is -1.000. The highest BCUT2D eigenvalue weighted by Crippen LogP contribution is 1.97. The Kier molecular flexibility index (Phi) is 16.7. The molecule has 0 spiro atoms. The van der Waals surface area contributed by atoms with E-state index in [1.54, 1.807) is 13.0 Å². The van der Waals surface area contributed by atoms with E-state index in [2.05, 4.69) is 48.6 Å². The van der Waals surface area contributed by atoms with Gasteiger partial charge in [0.25, 0.3) is 0 Å². The summed E-state index contributed by atoms with van der Waals surface area (Å²) >= 11 is 0. The molecule has 0 aliphatic heterocycles. The first-order chi connectivity index (χ1) is 12.1. The number of rotatable bonds is 14. The van der Waals surface area contributed by atoms with Gasteiger partial charge in [0, 0.05) is 5.97 Å². The van der Waals surface area contributed by atoms with Crippen LogP contribution in [0.3, 0.4) is 0 Å². The molecule has 1 atom stereocenters. The lowest BCUT2D eigenvalue weighted by molar-refractivity contribution is -0.305. The molecule has 0 aliphatic carbocycles. The Labute approximate surface area is 152 Å². The molecule has 3 nitrogen and oxygen atoms in total. The number of allylic oxidation sites excluding steroid dienone is 11. The van der Waals surface area contributed by atoms with Crippen LogP contribution >= 0.6 is 0 Å². The normalized spacial score (nSPS) is 14.3. The topological polar surface area (TPSA) is 60.4 Å². The molecule has 0 heterocycles. The molecule has 0 aromatic rings. The van der Waals surface area contributed by atoms with Crippen LogP contribution < -0.4 is 5.11 Å². The van der Waals surface area contributed by atoms with Crippen LogP contribution in [-0.4, -0.2) is 17.2 Å². The van der Waals surface area contributed by atoms with Crippen LogP contribution in [0.5, 0.6) is 0 Å². The van der Waals surface area contributed by atoms with Gasteiger partial charge in [-0.05, 0) is 51.9 Å². The van der Waals surface area contributed by atoms with E-state index in [9.17, 15) is 9.90 Å². The summed E-state index contributed by atoms with van der Waals surface area (Å²) in [5.74, 6) is -1.000. The van der Waals surface area contributed by atoms with Crippen molar-refractivity contribution in [3.05, 3.63) is 72.9 Å². The van der Waals surface area contributed by atoms with E-state index in [-0.39, 0.29) is 12.5 Å². The van der Waals surface area contributed by atoms with Gasteiger partial charge >= 0.3 is 0 Å². The highest BCUT2D eigenvalue weighted by atomic mass is 16.4. The summed E-state index contributed by atoms with van der Waals surface area (Å²) in [6.45, 7) is 1.74. The number of carboxylic acid groups (broad SMARTS) is 1. The monoisotopic (exact) mass is 343 g/mol. The molecule has 0 amide bonds. The molecule has 0 aromatic heterocycles. The quantitative estimate of drug-likeness (QED) is 0.481. The molecule has 25 heavy (non-hydrogen) atoms. The molecule has 0 rings (SSSR count). The molecule has 138 valence electrons. The van der Waals surface area contributed by atoms with Gasteiger partial charge in [-0.15, -0.1) is 0 Å². The van der Waals surface area contributed by atoms with E-state index < -0.39 is 5.97 Å². The summed E-state index contributed by atoms with van der Waals surface area (Å²) in [5, 5.41) is 19.3. The maximum Gasteiger partial charge on any atom is 0.0692 e. The average molecular weight is 343 g/mol. The van der Waals surface area contributed by atoms with Gasteiger partial charge in [-0.1, -0.05) is 72.9 Å². The number of aliphatic hydroxyl groups excluding tert-OH is 1. The van der Waals surface area contributed by atoms with Crippen LogP contribution in [0.1, 0.15) is 51.9 Å². The summed E-state index contributed by atoms with van der Waals surface area (Å²) in [6.07, 6.45) is 29.3. The van der Waals surface area contributed by atoms with Crippen molar-refractivity contribution in [1.29, 1.82) is 0 Å². The van der Waals surface area contributed by atoms with E-state index in [0.29, 0.717) is 6.42 Å². The van der Waals surface area contributed by atoms with E-state index in [1.807, 2.05) is 18.2 Å². The fourth-order valence-electron chi connectivity index (χ4n) is 1.85. The van der Waals surface area contributed by atoms with Gasteiger partial charge < -0.3 is 15.0 Å². The molecule has 0 aliphatic rings. The minimum Gasteiger partial charge on any atom is -0.550 e. The lowest BCUT2D eigenvalue weighted by Crippen LogP contribution is -2.21. The van der Waals surface area contributed by atoms with Crippen LogP contribution in [0.15, 0.2) is 72.9 Å². The number of aliphatic hydroxyl groups is 1. The van der Waals surface area contributed by atoms with E-state index in [4.69, 9.17) is 5.11 Å². The standard InChI is InChI=1S/C22H32O3/c1-21(23)19-17-15-13-11-9-7-5-3-2-4-6-8-10-12-14-16-18-20-22(24)25/h2,4-5,7-8,10-11,13-14,16-17,19,21,23H,3,6,9,12,15,18,20H2,1H3,(H,24,25)/p-1/b4-2-,7-5-,10-8-,13-11-,16-14-,19-17-. The Bertz CT molecular complexity index is 491. The molecule has 1 N–H and O–H groups in total. The highest BCUT2D eigenvalue weighted by Gasteiger charge is 1.82. The van der Waals surface area contributed by atoms with Crippen molar-refractivity contribution in [3.63, 3.8) is 0 Å². The number of carbonyl (C=O) groups excluding carboxylic acids is 1. The second kappa shape index (κ2) is 18.2. The van der Waals surface area contributed by atoms with Crippen molar-refractivity contribution in [1.82, 2.24) is 0 Å². The molecular formula is C22H31O3-. The summed E-state index contributed by atoms with van der Waals surface area (Å²) in [7, 11) is 0. The van der Waals surface area contributed by atoms with Gasteiger partial charge in [0.15, 0.2) is 0 Å². The SMILES string of the molecule is CC(O)/C=C\C/C=C\C/C=C\C/C=C\C/C=C\C/C=C\CCC(=O)[O-]. The molecule has 0 saturated carbocycles. The zero-order chi connectivity index (χ0) is 18.6. The minimum absolute atomic E-state index is 0.0896. The number of hydrogen-bond acceptors (Lipinski definition) is 3. The van der Waals surface area contributed by atoms with Crippen molar-refractivity contribution >= 4 is 5.97 Å². The molecule has 0 saturated heterocycles. The fraction of sp³-hybridized carbons (Fsp3) is 0.409. The van der Waals surface area contributed by atoms with E-state index >= 15 is 0 Å². The Morgan fingerprint density at radius 1 is 0.760 bits per heavy atom. The van der Waals surface area contributed by atoms with E-state index in [1.165, 1.54) is 0 Å². The summed E-state index contributed by atoms with van der Waals surface area (Å²) in [5.41, 5.74) is 0. The summed E-state index contributed by atoms with van der Waals surface area (Å²) in [4.78, 5) is 10.2. The molecule has 0 bridgehead atoms. The van der Waals surface area contributed by atoms with Gasteiger partial charge in [-0.2, -0.15) is 0 Å². The molecule has 0 fully saturated rings. The first-order valence-electron chi connectivity index (χ1n) is 8.92. The third-order valence-electron chi connectivity index (χ3n) is 3.12. The van der Waals surface area contributed by atoms with Crippen molar-refractivity contribution in [2.45, 2.75) is 58.0 Å². The van der Waals surface area contributed by atoms with Gasteiger partial charge in [0.05, 0.1) is 6.10 Å². The van der Waals surface area contributed by atoms with Crippen molar-refractivity contribution in [2.75, 3.05) is 0 Å². The largest absolute Gasteiger partial charge is 0.550 e. The van der Waals surface area contributed by atoms with Crippen LogP contribution in [0.4, 0.5) is 0 Å². The lowest BCUT2D eigenvalue weighted by Gasteiger charge is -1.95. The van der Waals surface area contributed by atoms with Crippen molar-refractivity contribution < 1.29 is 15.0 Å². The lowest BCUT2D eigenvalue weighted by atomic mass is 10.2. The maximum absolute atomic E-state index is 10.2. The second-order valence-corrected chi connectivity index (χ2v) is 5.61. The molecule has 0 aromatic carbocycles. The van der Waals surface area contributed by atoms with Crippen LogP contribution in [0, 0.1) is 0 Å². The Balaban J connectivity index is 3.54. The third-order valence-corrected chi connectivity index (χ3v) is 3.12. The molecule has 3 heteroatoms. The fourth-order valence-corrected chi connectivity index (χ4v) is 1.85. The number of aliphatic carboxylic acids is 1. The number of hydrogen-bond donors (Lipinski definition) is 1. The van der Waals surface area contributed by atoms with Crippen molar-refractivity contribution in [2.24, 2.45) is 0 Å². The van der Waals surface area contributed by atoms with Crippen LogP contribution in [-0.2, 0) is 4.79 Å². The Morgan fingerprint density at radius 2 is 1.12 bits per heavy atom. The average Bonchev–Trinajstić information content (AvgIpc) is 2.56. The Hall–Kier alpha value is -2.13. The van der Waals surface area contributed by atoms with E-state index in [0.717, 1.165) is 32.1 Å². The third kappa shape index (κ3) is 21.9. The molecule has 0 radical (unpaired) electrons. The van der Waals surface area contributed by atoms with Crippen LogP contribution in [0.2, 0.25) is 0 Å². The predicted molar refractivity (Wildman–Crippen MR) is 104 cm³/mol. The Morgan fingerprint density at radius 3 is 1.48 bits per heavy atom. The maximum atomic E-state index is 10.2. The van der Waals surface area contributed by atoms with Gasteiger partial charge in [-0.25, -0.2) is 0 Å². The second-order valence-electron chi connectivity index (χ2n) is 5.61. The zero-order valence-corrected chi connectivity index (χ0v) is 15.2. The van der Waals surface area contributed by atoms with Crippen molar-refractivity contribution in [3.8, 4) is 0 Å². The first-order valence-corrected chi connectivity index (χ1v) is 8.92.